The van der Waals surface area contributed by atoms with E-state index in [1.54, 1.807) is 18.0 Å². The maximum absolute atomic E-state index is 12.2. The monoisotopic (exact) mass is 326 g/mol. The summed E-state index contributed by atoms with van der Waals surface area (Å²) in [4.78, 5) is 17.6. The highest BCUT2D eigenvalue weighted by Gasteiger charge is 2.14. The smallest absolute Gasteiger partial charge is 0.251 e. The van der Waals surface area contributed by atoms with Crippen LogP contribution in [0.1, 0.15) is 42.5 Å². The molecule has 3 nitrogen and oxygen atoms in total. The molecular formula is C19H22N2OS. The van der Waals surface area contributed by atoms with Gasteiger partial charge in [0.15, 0.2) is 0 Å². The van der Waals surface area contributed by atoms with Crippen molar-refractivity contribution >= 4 is 17.7 Å². The van der Waals surface area contributed by atoms with Crippen LogP contribution >= 0.6 is 11.8 Å². The average molecular weight is 326 g/mol. The number of benzene rings is 1. The quantitative estimate of drug-likeness (QED) is 0.877. The van der Waals surface area contributed by atoms with Gasteiger partial charge in [-0.1, -0.05) is 37.1 Å². The first-order valence-electron chi connectivity index (χ1n) is 8.28. The van der Waals surface area contributed by atoms with Crippen molar-refractivity contribution in [2.45, 2.75) is 42.0 Å². The number of carbonyl (C=O) groups excluding carboxylic acids is 1. The molecule has 1 fully saturated rings. The molecule has 1 amide bonds. The summed E-state index contributed by atoms with van der Waals surface area (Å²) in [6.45, 7) is 0.809. The second-order valence-corrected chi connectivity index (χ2v) is 7.10. The Labute approximate surface area is 141 Å². The molecule has 0 bridgehead atoms. The van der Waals surface area contributed by atoms with Gasteiger partial charge in [0.05, 0.1) is 0 Å². The van der Waals surface area contributed by atoms with Gasteiger partial charge in [-0.25, -0.2) is 4.98 Å². The molecule has 1 aliphatic rings. The number of amides is 1. The van der Waals surface area contributed by atoms with Crippen LogP contribution in [0.2, 0.25) is 0 Å². The molecule has 1 saturated carbocycles. The first-order valence-corrected chi connectivity index (χ1v) is 9.10. The number of rotatable bonds is 5. The molecule has 1 N–H and O–H groups in total. The van der Waals surface area contributed by atoms with Crippen LogP contribution in [0.25, 0.3) is 0 Å². The summed E-state index contributed by atoms with van der Waals surface area (Å²) >= 11 is 1.60. The second-order valence-electron chi connectivity index (χ2n) is 6.01. The van der Waals surface area contributed by atoms with Crippen LogP contribution in [0.5, 0.6) is 0 Å². The lowest BCUT2D eigenvalue weighted by Gasteiger charge is -2.21. The summed E-state index contributed by atoms with van der Waals surface area (Å²) in [7, 11) is 0. The van der Waals surface area contributed by atoms with Gasteiger partial charge in [-0.15, -0.1) is 0 Å². The molecule has 4 heteroatoms. The molecule has 0 spiro atoms. The van der Waals surface area contributed by atoms with E-state index in [1.165, 1.54) is 32.1 Å². The Morgan fingerprint density at radius 2 is 1.87 bits per heavy atom. The number of nitrogens with zero attached hydrogens (tertiary/aromatic N) is 1. The summed E-state index contributed by atoms with van der Waals surface area (Å²) in [5, 5.41) is 4.04. The number of carbonyl (C=O) groups is 1. The Balaban J connectivity index is 1.52. The van der Waals surface area contributed by atoms with Crippen molar-refractivity contribution in [2.24, 2.45) is 5.92 Å². The maximum Gasteiger partial charge on any atom is 0.251 e. The van der Waals surface area contributed by atoms with Crippen molar-refractivity contribution in [3.63, 3.8) is 0 Å². The first-order chi connectivity index (χ1) is 11.3. The molecule has 0 aliphatic heterocycles. The lowest BCUT2D eigenvalue weighted by atomic mass is 9.89. The lowest BCUT2D eigenvalue weighted by Crippen LogP contribution is -2.30. The molecule has 1 aromatic heterocycles. The molecular weight excluding hydrogens is 304 g/mol. The Morgan fingerprint density at radius 3 is 2.57 bits per heavy atom. The van der Waals surface area contributed by atoms with Crippen LogP contribution in [0, 0.1) is 5.92 Å². The maximum atomic E-state index is 12.2. The summed E-state index contributed by atoms with van der Waals surface area (Å²) in [5.41, 5.74) is 0.728. The predicted molar refractivity (Wildman–Crippen MR) is 93.7 cm³/mol. The summed E-state index contributed by atoms with van der Waals surface area (Å²) in [5.74, 6) is 0.691. The predicted octanol–water partition coefficient (Wildman–Crippen LogP) is 4.54. The van der Waals surface area contributed by atoms with E-state index in [-0.39, 0.29) is 5.91 Å². The van der Waals surface area contributed by atoms with Crippen molar-refractivity contribution in [1.82, 2.24) is 10.3 Å². The van der Waals surface area contributed by atoms with E-state index in [9.17, 15) is 4.79 Å². The van der Waals surface area contributed by atoms with E-state index in [4.69, 9.17) is 0 Å². The minimum absolute atomic E-state index is 0.0324. The lowest BCUT2D eigenvalue weighted by molar-refractivity contribution is 0.0943. The van der Waals surface area contributed by atoms with Gasteiger partial charge >= 0.3 is 0 Å². The number of hydrogen-bond acceptors (Lipinski definition) is 3. The number of nitrogens with one attached hydrogen (secondary N) is 1. The minimum atomic E-state index is 0.0324. The molecule has 23 heavy (non-hydrogen) atoms. The van der Waals surface area contributed by atoms with Gasteiger partial charge in [0.2, 0.25) is 0 Å². The fourth-order valence-electron chi connectivity index (χ4n) is 2.93. The largest absolute Gasteiger partial charge is 0.352 e. The van der Waals surface area contributed by atoms with Crippen LogP contribution in [-0.4, -0.2) is 17.4 Å². The Morgan fingerprint density at radius 1 is 1.09 bits per heavy atom. The van der Waals surface area contributed by atoms with E-state index in [2.05, 4.69) is 10.3 Å². The standard InChI is InChI=1S/C19H22N2OS/c22-19(21-14-15-6-2-1-3-7-15)16-9-11-17(12-10-16)23-18-8-4-5-13-20-18/h4-5,8-13,15H,1-3,6-7,14H2,(H,21,22). The van der Waals surface area contributed by atoms with Crippen LogP contribution in [-0.2, 0) is 0 Å². The zero-order chi connectivity index (χ0) is 15.9. The SMILES string of the molecule is O=C(NCC1CCCCC1)c1ccc(Sc2ccccn2)cc1. The molecule has 0 atom stereocenters. The van der Waals surface area contributed by atoms with Crippen molar-refractivity contribution in [1.29, 1.82) is 0 Å². The van der Waals surface area contributed by atoms with Gasteiger partial charge in [-0.3, -0.25) is 4.79 Å². The van der Waals surface area contributed by atoms with Gasteiger partial charge in [0.25, 0.3) is 5.91 Å². The van der Waals surface area contributed by atoms with Gasteiger partial charge in [-0.05, 0) is 55.2 Å². The van der Waals surface area contributed by atoms with Crippen molar-refractivity contribution in [3.05, 3.63) is 54.2 Å². The highest BCUT2D eigenvalue weighted by atomic mass is 32.2. The summed E-state index contributed by atoms with van der Waals surface area (Å²) in [6.07, 6.45) is 8.25. The molecule has 1 aromatic carbocycles. The molecule has 120 valence electrons. The van der Waals surface area contributed by atoms with E-state index in [0.717, 1.165) is 22.0 Å². The number of pyridine rings is 1. The third-order valence-corrected chi connectivity index (χ3v) is 5.21. The topological polar surface area (TPSA) is 42.0 Å². The number of hydrogen-bond donors (Lipinski definition) is 1. The van der Waals surface area contributed by atoms with Gasteiger partial charge in [0, 0.05) is 23.2 Å². The van der Waals surface area contributed by atoms with E-state index >= 15 is 0 Å². The normalized spacial score (nSPS) is 15.3. The van der Waals surface area contributed by atoms with Crippen LogP contribution in [0.4, 0.5) is 0 Å². The third-order valence-electron chi connectivity index (χ3n) is 4.25. The van der Waals surface area contributed by atoms with Gasteiger partial charge in [-0.2, -0.15) is 0 Å². The number of aromatic nitrogens is 1. The van der Waals surface area contributed by atoms with Crippen LogP contribution in [0.15, 0.2) is 58.6 Å². The van der Waals surface area contributed by atoms with Crippen molar-refractivity contribution in [3.8, 4) is 0 Å². The first kappa shape index (κ1) is 16.1. The molecule has 0 radical (unpaired) electrons. The molecule has 1 heterocycles. The highest BCUT2D eigenvalue weighted by Crippen LogP contribution is 2.26. The van der Waals surface area contributed by atoms with Gasteiger partial charge < -0.3 is 5.32 Å². The van der Waals surface area contributed by atoms with E-state index in [0.29, 0.717) is 5.92 Å². The second kappa shape index (κ2) is 8.16. The Hall–Kier alpha value is -1.81. The van der Waals surface area contributed by atoms with Gasteiger partial charge in [0.1, 0.15) is 5.03 Å². The van der Waals surface area contributed by atoms with Crippen molar-refractivity contribution < 1.29 is 4.79 Å². The van der Waals surface area contributed by atoms with Crippen LogP contribution in [0.3, 0.4) is 0 Å². The van der Waals surface area contributed by atoms with E-state index < -0.39 is 0 Å². The molecule has 0 unspecified atom stereocenters. The molecule has 0 saturated heterocycles. The zero-order valence-electron chi connectivity index (χ0n) is 13.2. The van der Waals surface area contributed by atoms with E-state index in [1.807, 2.05) is 42.5 Å². The van der Waals surface area contributed by atoms with Crippen LogP contribution < -0.4 is 5.32 Å². The minimum Gasteiger partial charge on any atom is -0.352 e. The van der Waals surface area contributed by atoms with Crippen molar-refractivity contribution in [2.75, 3.05) is 6.54 Å². The fraction of sp³-hybridized carbons (Fsp3) is 0.368. The Bertz CT molecular complexity index is 622. The Kier molecular flexibility index (Phi) is 5.70. The molecule has 3 rings (SSSR count). The summed E-state index contributed by atoms with van der Waals surface area (Å²) < 4.78 is 0. The third kappa shape index (κ3) is 4.83. The fourth-order valence-corrected chi connectivity index (χ4v) is 3.71. The molecule has 2 aromatic rings. The summed E-state index contributed by atoms with van der Waals surface area (Å²) in [6, 6.07) is 13.6. The highest BCUT2D eigenvalue weighted by molar-refractivity contribution is 7.99. The average Bonchev–Trinajstić information content (AvgIpc) is 2.62. The molecule has 1 aliphatic carbocycles. The zero-order valence-corrected chi connectivity index (χ0v) is 14.0.